The predicted molar refractivity (Wildman–Crippen MR) is 80.4 cm³/mol. The van der Waals surface area contributed by atoms with Crippen molar-refractivity contribution in [1.82, 2.24) is 0 Å². The minimum atomic E-state index is 0.123. The van der Waals surface area contributed by atoms with Gasteiger partial charge in [0.2, 0.25) is 5.91 Å². The zero-order chi connectivity index (χ0) is 13.2. The number of rotatable bonds is 2. The van der Waals surface area contributed by atoms with E-state index >= 15 is 0 Å². The van der Waals surface area contributed by atoms with Crippen molar-refractivity contribution >= 4 is 33.0 Å². The highest BCUT2D eigenvalue weighted by Gasteiger charge is 2.24. The lowest BCUT2D eigenvalue weighted by Gasteiger charge is -2.25. The van der Waals surface area contributed by atoms with Crippen LogP contribution < -0.4 is 11.1 Å². The molecule has 1 amide bonds. The monoisotopic (exact) mass is 274 g/mol. The molecule has 100 valence electrons. The number of nitrogens with one attached hydrogen (secondary N) is 1. The summed E-state index contributed by atoms with van der Waals surface area (Å²) in [6.07, 6.45) is 3.74. The highest BCUT2D eigenvalue weighted by atomic mass is 32.1. The molecular formula is C15H18N2OS. The summed E-state index contributed by atoms with van der Waals surface area (Å²) in [7, 11) is 0. The molecule has 2 aromatic rings. The minimum absolute atomic E-state index is 0.123. The second kappa shape index (κ2) is 5.31. The summed E-state index contributed by atoms with van der Waals surface area (Å²) in [4.78, 5) is 12.2. The van der Waals surface area contributed by atoms with Crippen LogP contribution in [0.1, 0.15) is 25.7 Å². The van der Waals surface area contributed by atoms with Gasteiger partial charge >= 0.3 is 0 Å². The van der Waals surface area contributed by atoms with Crippen LogP contribution in [0.25, 0.3) is 10.1 Å². The molecule has 3 N–H and O–H groups in total. The lowest BCUT2D eigenvalue weighted by atomic mass is 9.86. The van der Waals surface area contributed by atoms with Crippen LogP contribution in [0, 0.1) is 5.92 Å². The Bertz CT molecular complexity index is 585. The van der Waals surface area contributed by atoms with Gasteiger partial charge < -0.3 is 11.1 Å². The van der Waals surface area contributed by atoms with Crippen molar-refractivity contribution in [2.75, 3.05) is 5.32 Å². The van der Waals surface area contributed by atoms with E-state index in [1.165, 1.54) is 10.1 Å². The molecular weight excluding hydrogens is 256 g/mol. The van der Waals surface area contributed by atoms with Crippen molar-refractivity contribution in [3.8, 4) is 0 Å². The van der Waals surface area contributed by atoms with Gasteiger partial charge in [-0.1, -0.05) is 0 Å². The van der Waals surface area contributed by atoms with E-state index in [9.17, 15) is 4.79 Å². The molecule has 3 rings (SSSR count). The van der Waals surface area contributed by atoms with Crippen molar-refractivity contribution < 1.29 is 4.79 Å². The van der Waals surface area contributed by atoms with E-state index in [0.29, 0.717) is 0 Å². The Kier molecular flexibility index (Phi) is 3.53. The van der Waals surface area contributed by atoms with Crippen LogP contribution in [-0.4, -0.2) is 11.9 Å². The van der Waals surface area contributed by atoms with E-state index < -0.39 is 0 Å². The third-order valence-electron chi connectivity index (χ3n) is 3.86. The van der Waals surface area contributed by atoms with E-state index in [2.05, 4.69) is 22.8 Å². The first-order valence-corrected chi connectivity index (χ1v) is 7.64. The summed E-state index contributed by atoms with van der Waals surface area (Å²) in [6, 6.07) is 8.44. The van der Waals surface area contributed by atoms with Gasteiger partial charge in [-0.15, -0.1) is 11.3 Å². The maximum Gasteiger partial charge on any atom is 0.227 e. The van der Waals surface area contributed by atoms with Crippen molar-refractivity contribution in [2.45, 2.75) is 31.7 Å². The highest BCUT2D eigenvalue weighted by molar-refractivity contribution is 7.17. The van der Waals surface area contributed by atoms with Crippen LogP contribution >= 0.6 is 11.3 Å². The maximum atomic E-state index is 12.2. The predicted octanol–water partition coefficient (Wildman–Crippen LogP) is 3.36. The molecule has 1 aromatic carbocycles. The van der Waals surface area contributed by atoms with Gasteiger partial charge in [-0.3, -0.25) is 4.79 Å². The number of anilines is 1. The van der Waals surface area contributed by atoms with Crippen molar-refractivity contribution in [3.63, 3.8) is 0 Å². The van der Waals surface area contributed by atoms with Crippen molar-refractivity contribution in [1.29, 1.82) is 0 Å². The summed E-state index contributed by atoms with van der Waals surface area (Å²) in [5.41, 5.74) is 6.76. The zero-order valence-electron chi connectivity index (χ0n) is 10.8. The number of amides is 1. The number of fused-ring (bicyclic) bond motifs is 1. The Labute approximate surface area is 116 Å². The molecule has 3 nitrogen and oxygen atoms in total. The minimum Gasteiger partial charge on any atom is -0.328 e. The maximum absolute atomic E-state index is 12.2. The topological polar surface area (TPSA) is 55.1 Å². The molecule has 0 spiro atoms. The molecule has 1 saturated carbocycles. The molecule has 1 aliphatic carbocycles. The molecule has 0 atom stereocenters. The van der Waals surface area contributed by atoms with E-state index in [1.54, 1.807) is 11.3 Å². The molecule has 1 aliphatic rings. The van der Waals surface area contributed by atoms with Gasteiger partial charge in [0, 0.05) is 22.3 Å². The fourth-order valence-corrected chi connectivity index (χ4v) is 3.44. The van der Waals surface area contributed by atoms with E-state index in [1.807, 2.05) is 12.1 Å². The standard InChI is InChI=1S/C15H18N2OS/c16-12-3-1-10(2-4-12)15(18)17-13-5-6-14-11(9-13)7-8-19-14/h5-10,12H,1-4,16H2,(H,17,18). The van der Waals surface area contributed by atoms with Gasteiger partial charge in [0.05, 0.1) is 0 Å². The summed E-state index contributed by atoms with van der Waals surface area (Å²) in [5, 5.41) is 6.29. The number of carbonyl (C=O) groups excluding carboxylic acids is 1. The van der Waals surface area contributed by atoms with E-state index in [-0.39, 0.29) is 17.9 Å². The third-order valence-corrected chi connectivity index (χ3v) is 4.76. The van der Waals surface area contributed by atoms with Gasteiger partial charge in [0.15, 0.2) is 0 Å². The molecule has 1 fully saturated rings. The molecule has 1 aromatic heterocycles. The first-order chi connectivity index (χ1) is 9.22. The van der Waals surface area contributed by atoms with Crippen LogP contribution in [0.15, 0.2) is 29.6 Å². The Morgan fingerprint density at radius 1 is 1.21 bits per heavy atom. The molecule has 0 bridgehead atoms. The van der Waals surface area contributed by atoms with Gasteiger partial charge in [-0.25, -0.2) is 0 Å². The largest absolute Gasteiger partial charge is 0.328 e. The Balaban J connectivity index is 1.68. The quantitative estimate of drug-likeness (QED) is 0.882. The fourth-order valence-electron chi connectivity index (χ4n) is 2.67. The van der Waals surface area contributed by atoms with E-state index in [4.69, 9.17) is 5.73 Å². The third kappa shape index (κ3) is 2.80. The first kappa shape index (κ1) is 12.6. The molecule has 19 heavy (non-hydrogen) atoms. The lowest BCUT2D eigenvalue weighted by molar-refractivity contribution is -0.120. The molecule has 0 aliphatic heterocycles. The Morgan fingerprint density at radius 3 is 2.79 bits per heavy atom. The van der Waals surface area contributed by atoms with Crippen LogP contribution in [0.4, 0.5) is 5.69 Å². The van der Waals surface area contributed by atoms with Gasteiger partial charge in [-0.2, -0.15) is 0 Å². The smallest absolute Gasteiger partial charge is 0.227 e. The lowest BCUT2D eigenvalue weighted by Crippen LogP contribution is -2.32. The van der Waals surface area contributed by atoms with E-state index in [0.717, 1.165) is 31.4 Å². The zero-order valence-corrected chi connectivity index (χ0v) is 11.6. The van der Waals surface area contributed by atoms with Crippen LogP contribution in [0.5, 0.6) is 0 Å². The summed E-state index contributed by atoms with van der Waals surface area (Å²) < 4.78 is 1.25. The van der Waals surface area contributed by atoms with Gasteiger partial charge in [0.25, 0.3) is 0 Å². The second-order valence-electron chi connectivity index (χ2n) is 5.27. The number of hydrogen-bond acceptors (Lipinski definition) is 3. The van der Waals surface area contributed by atoms with Gasteiger partial charge in [-0.05, 0) is 60.7 Å². The molecule has 1 heterocycles. The van der Waals surface area contributed by atoms with Gasteiger partial charge in [0.1, 0.15) is 0 Å². The van der Waals surface area contributed by atoms with Crippen LogP contribution in [0.3, 0.4) is 0 Å². The molecule has 0 saturated heterocycles. The summed E-state index contributed by atoms with van der Waals surface area (Å²) >= 11 is 1.72. The molecule has 0 unspecified atom stereocenters. The highest BCUT2D eigenvalue weighted by Crippen LogP contribution is 2.27. The fraction of sp³-hybridized carbons (Fsp3) is 0.400. The number of benzene rings is 1. The van der Waals surface area contributed by atoms with Crippen LogP contribution in [0.2, 0.25) is 0 Å². The second-order valence-corrected chi connectivity index (χ2v) is 6.22. The molecule has 4 heteroatoms. The summed E-state index contributed by atoms with van der Waals surface area (Å²) in [6.45, 7) is 0. The average molecular weight is 274 g/mol. The Hall–Kier alpha value is -1.39. The average Bonchev–Trinajstić information content (AvgIpc) is 2.87. The first-order valence-electron chi connectivity index (χ1n) is 6.76. The van der Waals surface area contributed by atoms with Crippen molar-refractivity contribution in [2.24, 2.45) is 11.7 Å². The SMILES string of the molecule is NC1CCC(C(=O)Nc2ccc3sccc3c2)CC1. The number of nitrogens with two attached hydrogens (primary N) is 1. The Morgan fingerprint density at radius 2 is 2.00 bits per heavy atom. The van der Waals surface area contributed by atoms with Crippen molar-refractivity contribution in [3.05, 3.63) is 29.6 Å². The normalized spacial score (nSPS) is 23.4. The van der Waals surface area contributed by atoms with Crippen LogP contribution in [-0.2, 0) is 4.79 Å². The summed E-state index contributed by atoms with van der Waals surface area (Å²) in [5.74, 6) is 0.263. The molecule has 0 radical (unpaired) electrons. The number of thiophene rings is 1. The number of hydrogen-bond donors (Lipinski definition) is 2. The number of carbonyl (C=O) groups is 1.